The van der Waals surface area contributed by atoms with E-state index in [4.69, 9.17) is 10.00 Å². The fourth-order valence-electron chi connectivity index (χ4n) is 3.02. The number of benzene rings is 3. The van der Waals surface area contributed by atoms with Gasteiger partial charge in [-0.1, -0.05) is 78.5 Å². The Kier molecular flexibility index (Phi) is 5.55. The van der Waals surface area contributed by atoms with Gasteiger partial charge in [0.2, 0.25) is 0 Å². The second kappa shape index (κ2) is 8.59. The van der Waals surface area contributed by atoms with Crippen LogP contribution in [0.5, 0.6) is 5.75 Å². The van der Waals surface area contributed by atoms with Gasteiger partial charge in [-0.15, -0.1) is 10.2 Å². The number of rotatable bonds is 7. The molecule has 0 bridgehead atoms. The van der Waals surface area contributed by atoms with Gasteiger partial charge in [-0.3, -0.25) is 4.57 Å². The molecule has 28 heavy (non-hydrogen) atoms. The summed E-state index contributed by atoms with van der Waals surface area (Å²) >= 11 is 1.38. The minimum Gasteiger partial charge on any atom is -0.485 e. The van der Waals surface area contributed by atoms with Crippen molar-refractivity contribution in [3.63, 3.8) is 0 Å². The van der Waals surface area contributed by atoms with Crippen molar-refractivity contribution in [1.82, 2.24) is 14.8 Å². The molecule has 0 atom stereocenters. The third-order valence-electron chi connectivity index (χ3n) is 4.35. The lowest BCUT2D eigenvalue weighted by Crippen LogP contribution is -2.09. The zero-order valence-corrected chi connectivity index (χ0v) is 16.0. The van der Waals surface area contributed by atoms with Crippen LogP contribution >= 0.6 is 11.8 Å². The van der Waals surface area contributed by atoms with Crippen LogP contribution in [0.3, 0.4) is 0 Å². The summed E-state index contributed by atoms with van der Waals surface area (Å²) in [4.78, 5) is 0. The van der Waals surface area contributed by atoms with Crippen molar-refractivity contribution in [2.24, 2.45) is 0 Å². The molecule has 138 valence electrons. The van der Waals surface area contributed by atoms with E-state index in [-0.39, 0.29) is 0 Å². The topological polar surface area (TPSA) is 63.7 Å². The highest BCUT2D eigenvalue weighted by molar-refractivity contribution is 7.99. The molecule has 0 aliphatic heterocycles. The van der Waals surface area contributed by atoms with E-state index in [0.29, 0.717) is 18.9 Å². The number of nitrogens with zero attached hydrogens (tertiary/aromatic N) is 4. The summed E-state index contributed by atoms with van der Waals surface area (Å²) in [5, 5.41) is 20.4. The SMILES string of the molecule is N#CCSc1nnc(COc2cccc3ccccc23)n1Cc1ccccc1. The van der Waals surface area contributed by atoms with E-state index in [2.05, 4.69) is 40.5 Å². The first-order chi connectivity index (χ1) is 13.8. The molecule has 5 nitrogen and oxygen atoms in total. The van der Waals surface area contributed by atoms with Crippen LogP contribution < -0.4 is 4.74 Å². The van der Waals surface area contributed by atoms with E-state index in [9.17, 15) is 0 Å². The third-order valence-corrected chi connectivity index (χ3v) is 5.18. The van der Waals surface area contributed by atoms with Gasteiger partial charge in [0.1, 0.15) is 12.4 Å². The molecule has 4 rings (SSSR count). The first kappa shape index (κ1) is 18.1. The fraction of sp³-hybridized carbons (Fsp3) is 0.136. The number of hydrogen-bond donors (Lipinski definition) is 0. The molecule has 0 unspecified atom stereocenters. The molecule has 1 heterocycles. The van der Waals surface area contributed by atoms with Crippen molar-refractivity contribution in [2.45, 2.75) is 18.3 Å². The van der Waals surface area contributed by atoms with Crippen LogP contribution in [0.25, 0.3) is 10.8 Å². The molecule has 0 radical (unpaired) electrons. The molecule has 3 aromatic carbocycles. The zero-order valence-electron chi connectivity index (χ0n) is 15.2. The van der Waals surface area contributed by atoms with Crippen molar-refractivity contribution in [3.8, 4) is 11.8 Å². The smallest absolute Gasteiger partial charge is 0.192 e. The van der Waals surface area contributed by atoms with E-state index in [1.54, 1.807) is 0 Å². The molecular weight excluding hydrogens is 368 g/mol. The Morgan fingerprint density at radius 2 is 1.71 bits per heavy atom. The predicted molar refractivity (Wildman–Crippen MR) is 110 cm³/mol. The van der Waals surface area contributed by atoms with Crippen LogP contribution in [0.15, 0.2) is 78.0 Å². The van der Waals surface area contributed by atoms with Crippen molar-refractivity contribution < 1.29 is 4.74 Å². The van der Waals surface area contributed by atoms with Gasteiger partial charge in [-0.25, -0.2) is 0 Å². The van der Waals surface area contributed by atoms with E-state index >= 15 is 0 Å². The van der Waals surface area contributed by atoms with Gasteiger partial charge < -0.3 is 4.74 Å². The number of hydrogen-bond acceptors (Lipinski definition) is 5. The maximum Gasteiger partial charge on any atom is 0.192 e. The monoisotopic (exact) mass is 386 g/mol. The van der Waals surface area contributed by atoms with Crippen molar-refractivity contribution >= 4 is 22.5 Å². The molecule has 4 aromatic rings. The summed E-state index contributed by atoms with van der Waals surface area (Å²) in [7, 11) is 0. The predicted octanol–water partition coefficient (Wildman–Crippen LogP) is 4.67. The molecule has 0 saturated heterocycles. The molecular formula is C22H18N4OS. The van der Waals surface area contributed by atoms with Crippen molar-refractivity contribution in [1.29, 1.82) is 5.26 Å². The summed E-state index contributed by atoms with van der Waals surface area (Å²) in [5.41, 5.74) is 1.15. The Balaban J connectivity index is 1.60. The summed E-state index contributed by atoms with van der Waals surface area (Å²) in [5.74, 6) is 1.88. The minimum atomic E-state index is 0.307. The first-order valence-corrected chi connectivity index (χ1v) is 9.90. The lowest BCUT2D eigenvalue weighted by molar-refractivity contribution is 0.292. The highest BCUT2D eigenvalue weighted by Gasteiger charge is 2.14. The van der Waals surface area contributed by atoms with Crippen LogP contribution in [0, 0.1) is 11.3 Å². The molecule has 0 N–H and O–H groups in total. The molecule has 0 saturated carbocycles. The molecule has 0 aliphatic rings. The van der Waals surface area contributed by atoms with Gasteiger partial charge in [-0.05, 0) is 17.0 Å². The summed E-state index contributed by atoms with van der Waals surface area (Å²) < 4.78 is 8.12. The van der Waals surface area contributed by atoms with E-state index in [1.165, 1.54) is 11.8 Å². The van der Waals surface area contributed by atoms with Crippen LogP contribution in [0.4, 0.5) is 0 Å². The molecule has 6 heteroatoms. The van der Waals surface area contributed by atoms with Gasteiger partial charge >= 0.3 is 0 Å². The van der Waals surface area contributed by atoms with Gasteiger partial charge in [-0.2, -0.15) is 5.26 Å². The lowest BCUT2D eigenvalue weighted by atomic mass is 10.1. The summed E-state index contributed by atoms with van der Waals surface area (Å²) in [6, 6.07) is 26.4. The highest BCUT2D eigenvalue weighted by Crippen LogP contribution is 2.26. The van der Waals surface area contributed by atoms with Gasteiger partial charge in [0.15, 0.2) is 11.0 Å². The normalized spacial score (nSPS) is 10.7. The number of fused-ring (bicyclic) bond motifs is 1. The number of nitriles is 1. The van der Waals surface area contributed by atoms with E-state index < -0.39 is 0 Å². The average molecular weight is 386 g/mol. The fourth-order valence-corrected chi connectivity index (χ4v) is 3.64. The molecule has 0 spiro atoms. The largest absolute Gasteiger partial charge is 0.485 e. The second-order valence-corrected chi connectivity index (χ2v) is 7.13. The number of thioether (sulfide) groups is 1. The van der Waals surface area contributed by atoms with Crippen LogP contribution in [-0.2, 0) is 13.2 Å². The Morgan fingerprint density at radius 3 is 2.57 bits per heavy atom. The zero-order chi connectivity index (χ0) is 19.2. The molecule has 0 fully saturated rings. The maximum atomic E-state index is 8.91. The standard InChI is InChI=1S/C22H18N4OS/c23-13-14-28-22-25-24-21(26(22)15-17-7-2-1-3-8-17)16-27-20-12-6-10-18-9-4-5-11-19(18)20/h1-12H,14-16H2. The van der Waals surface area contributed by atoms with Crippen LogP contribution in [0.1, 0.15) is 11.4 Å². The first-order valence-electron chi connectivity index (χ1n) is 8.91. The second-order valence-electron chi connectivity index (χ2n) is 6.18. The van der Waals surface area contributed by atoms with Gasteiger partial charge in [0.25, 0.3) is 0 Å². The Hall–Kier alpha value is -3.30. The Bertz CT molecular complexity index is 1110. The summed E-state index contributed by atoms with van der Waals surface area (Å²) in [6.45, 7) is 0.941. The highest BCUT2D eigenvalue weighted by atomic mass is 32.2. The van der Waals surface area contributed by atoms with Crippen molar-refractivity contribution in [3.05, 3.63) is 84.2 Å². The van der Waals surface area contributed by atoms with Crippen LogP contribution in [0.2, 0.25) is 0 Å². The van der Waals surface area contributed by atoms with E-state index in [1.807, 2.05) is 53.1 Å². The quantitative estimate of drug-likeness (QED) is 0.432. The minimum absolute atomic E-state index is 0.307. The molecule has 0 aliphatic carbocycles. The third kappa shape index (κ3) is 4.00. The Morgan fingerprint density at radius 1 is 0.929 bits per heavy atom. The Labute approximate surface area is 167 Å². The van der Waals surface area contributed by atoms with Crippen LogP contribution in [-0.4, -0.2) is 20.5 Å². The maximum absolute atomic E-state index is 8.91. The van der Waals surface area contributed by atoms with Crippen molar-refractivity contribution in [2.75, 3.05) is 5.75 Å². The number of ether oxygens (including phenoxy) is 1. The lowest BCUT2D eigenvalue weighted by Gasteiger charge is -2.12. The number of aromatic nitrogens is 3. The van der Waals surface area contributed by atoms with Gasteiger partial charge in [0.05, 0.1) is 18.4 Å². The average Bonchev–Trinajstić information content (AvgIpc) is 3.12. The van der Waals surface area contributed by atoms with Gasteiger partial charge in [0, 0.05) is 5.39 Å². The molecule has 0 amide bonds. The summed E-state index contributed by atoms with van der Waals surface area (Å²) in [6.07, 6.45) is 0. The molecule has 1 aromatic heterocycles. The van der Waals surface area contributed by atoms with E-state index in [0.717, 1.165) is 33.1 Å².